The zero-order valence-corrected chi connectivity index (χ0v) is 15.0. The van der Waals surface area contributed by atoms with E-state index < -0.39 is 40.7 Å². The van der Waals surface area contributed by atoms with Crippen LogP contribution in [0.15, 0.2) is 0 Å². The van der Waals surface area contributed by atoms with E-state index in [-0.39, 0.29) is 25.4 Å². The Morgan fingerprint density at radius 1 is 0.720 bits per heavy atom. The number of hydrogen-bond acceptors (Lipinski definition) is 4. The van der Waals surface area contributed by atoms with Crippen LogP contribution in [-0.2, 0) is 14.2 Å². The molecule has 4 nitrogen and oxygen atoms in total. The fraction of sp³-hybridized carbons (Fsp3) is 0.647. The van der Waals surface area contributed by atoms with Gasteiger partial charge in [0.25, 0.3) is 0 Å². The standard InChI is InChI=1S/C17H24F4O4/c1-9(22-5)6-23-10(2)7-24-11(3)8-25-17-15(20)13(18)12(4)14(19)16(17)21/h9-11H,6-8H2,1-5H3. The number of ether oxygens (including phenoxy) is 4. The Balaban J connectivity index is 2.51. The van der Waals surface area contributed by atoms with E-state index in [0.717, 1.165) is 6.92 Å². The van der Waals surface area contributed by atoms with Crippen LogP contribution < -0.4 is 4.74 Å². The molecule has 3 unspecified atom stereocenters. The smallest absolute Gasteiger partial charge is 0.204 e. The summed E-state index contributed by atoms with van der Waals surface area (Å²) in [5, 5.41) is 0. The van der Waals surface area contributed by atoms with Crippen LogP contribution in [0.3, 0.4) is 0 Å². The van der Waals surface area contributed by atoms with Gasteiger partial charge in [0.05, 0.1) is 31.5 Å². The van der Waals surface area contributed by atoms with Crippen molar-refractivity contribution in [3.63, 3.8) is 0 Å². The fourth-order valence-electron chi connectivity index (χ4n) is 1.81. The molecule has 1 aromatic rings. The zero-order valence-electron chi connectivity index (χ0n) is 15.0. The lowest BCUT2D eigenvalue weighted by atomic mass is 10.2. The molecule has 0 aliphatic heterocycles. The molecule has 0 fully saturated rings. The summed E-state index contributed by atoms with van der Waals surface area (Å²) >= 11 is 0. The van der Waals surface area contributed by atoms with Gasteiger partial charge in [-0.05, 0) is 27.7 Å². The summed E-state index contributed by atoms with van der Waals surface area (Å²) in [6, 6.07) is 0. The highest BCUT2D eigenvalue weighted by Crippen LogP contribution is 2.29. The van der Waals surface area contributed by atoms with Crippen molar-refractivity contribution in [2.45, 2.75) is 46.0 Å². The molecule has 0 radical (unpaired) electrons. The van der Waals surface area contributed by atoms with Crippen molar-refractivity contribution in [2.24, 2.45) is 0 Å². The maximum absolute atomic E-state index is 13.7. The van der Waals surface area contributed by atoms with Crippen LogP contribution in [0.1, 0.15) is 26.3 Å². The third-order valence-electron chi connectivity index (χ3n) is 3.54. The van der Waals surface area contributed by atoms with Crippen LogP contribution in [-0.4, -0.2) is 45.2 Å². The van der Waals surface area contributed by atoms with Gasteiger partial charge in [-0.25, -0.2) is 8.78 Å². The van der Waals surface area contributed by atoms with Crippen LogP contribution in [0.25, 0.3) is 0 Å². The van der Waals surface area contributed by atoms with E-state index >= 15 is 0 Å². The molecule has 144 valence electrons. The number of methoxy groups -OCH3 is 1. The van der Waals surface area contributed by atoms with Crippen molar-refractivity contribution in [1.82, 2.24) is 0 Å². The Hall–Kier alpha value is -1.38. The highest BCUT2D eigenvalue weighted by atomic mass is 19.2. The summed E-state index contributed by atoms with van der Waals surface area (Å²) in [6.45, 7) is 6.51. The molecule has 0 spiro atoms. The molecule has 0 saturated heterocycles. The van der Waals surface area contributed by atoms with Gasteiger partial charge in [-0.1, -0.05) is 0 Å². The number of hydrogen-bond donors (Lipinski definition) is 0. The summed E-state index contributed by atoms with van der Waals surface area (Å²) in [5.41, 5.74) is -0.733. The summed E-state index contributed by atoms with van der Waals surface area (Å²) in [4.78, 5) is 0. The molecule has 0 aliphatic carbocycles. The van der Waals surface area contributed by atoms with Gasteiger partial charge in [-0.2, -0.15) is 8.78 Å². The summed E-state index contributed by atoms with van der Waals surface area (Å²) in [5.74, 6) is -7.16. The van der Waals surface area contributed by atoms with Gasteiger partial charge >= 0.3 is 0 Å². The van der Waals surface area contributed by atoms with E-state index in [9.17, 15) is 17.6 Å². The van der Waals surface area contributed by atoms with Crippen molar-refractivity contribution >= 4 is 0 Å². The Morgan fingerprint density at radius 3 is 1.64 bits per heavy atom. The van der Waals surface area contributed by atoms with Gasteiger partial charge < -0.3 is 18.9 Å². The lowest BCUT2D eigenvalue weighted by Crippen LogP contribution is -2.27. The second-order valence-corrected chi connectivity index (χ2v) is 5.86. The van der Waals surface area contributed by atoms with Crippen molar-refractivity contribution in [3.8, 4) is 5.75 Å². The molecule has 0 amide bonds. The van der Waals surface area contributed by atoms with Crippen molar-refractivity contribution < 1.29 is 36.5 Å². The first-order valence-electron chi connectivity index (χ1n) is 7.90. The van der Waals surface area contributed by atoms with Crippen molar-refractivity contribution in [1.29, 1.82) is 0 Å². The van der Waals surface area contributed by atoms with Crippen LogP contribution in [0, 0.1) is 30.2 Å². The van der Waals surface area contributed by atoms with E-state index in [1.165, 1.54) is 0 Å². The van der Waals surface area contributed by atoms with Crippen LogP contribution >= 0.6 is 0 Å². The normalized spacial score (nSPS) is 15.1. The second kappa shape index (κ2) is 9.94. The van der Waals surface area contributed by atoms with Crippen molar-refractivity contribution in [3.05, 3.63) is 28.8 Å². The highest BCUT2D eigenvalue weighted by Gasteiger charge is 2.25. The molecule has 0 heterocycles. The van der Waals surface area contributed by atoms with Gasteiger partial charge in [-0.15, -0.1) is 0 Å². The summed E-state index contributed by atoms with van der Waals surface area (Å²) in [6.07, 6.45) is -0.861. The van der Waals surface area contributed by atoms with Crippen molar-refractivity contribution in [2.75, 3.05) is 26.9 Å². The third-order valence-corrected chi connectivity index (χ3v) is 3.54. The van der Waals surface area contributed by atoms with Crippen LogP contribution in [0.4, 0.5) is 17.6 Å². The minimum Gasteiger partial charge on any atom is -0.485 e. The Kier molecular flexibility index (Phi) is 8.61. The summed E-state index contributed by atoms with van der Waals surface area (Å²) < 4.78 is 75.2. The van der Waals surface area contributed by atoms with E-state index in [0.29, 0.717) is 6.61 Å². The fourth-order valence-corrected chi connectivity index (χ4v) is 1.81. The molecule has 0 aromatic heterocycles. The molecule has 3 atom stereocenters. The van der Waals surface area contributed by atoms with Gasteiger partial charge in [0.15, 0.2) is 17.4 Å². The molecular formula is C17H24F4O4. The molecule has 0 saturated carbocycles. The molecule has 25 heavy (non-hydrogen) atoms. The third kappa shape index (κ3) is 6.13. The average molecular weight is 368 g/mol. The second-order valence-electron chi connectivity index (χ2n) is 5.86. The molecule has 1 aromatic carbocycles. The first-order valence-corrected chi connectivity index (χ1v) is 7.90. The topological polar surface area (TPSA) is 36.9 Å². The number of rotatable bonds is 10. The molecule has 0 bridgehead atoms. The molecule has 0 N–H and O–H groups in total. The minimum absolute atomic E-state index is 0.0551. The Labute approximate surface area is 145 Å². The average Bonchev–Trinajstić information content (AvgIpc) is 2.60. The molecule has 8 heteroatoms. The lowest BCUT2D eigenvalue weighted by Gasteiger charge is -2.20. The largest absolute Gasteiger partial charge is 0.485 e. The van der Waals surface area contributed by atoms with E-state index in [1.54, 1.807) is 21.0 Å². The first kappa shape index (κ1) is 21.7. The zero-order chi connectivity index (χ0) is 19.1. The maximum Gasteiger partial charge on any atom is 0.204 e. The Bertz CT molecular complexity index is 539. The molecule has 0 aliphatic rings. The van der Waals surface area contributed by atoms with Crippen LogP contribution in [0.2, 0.25) is 0 Å². The quantitative estimate of drug-likeness (QED) is 0.465. The van der Waals surface area contributed by atoms with E-state index in [1.807, 2.05) is 6.92 Å². The first-order chi connectivity index (χ1) is 11.7. The predicted molar refractivity (Wildman–Crippen MR) is 83.8 cm³/mol. The molecule has 1 rings (SSSR count). The number of benzene rings is 1. The summed E-state index contributed by atoms with van der Waals surface area (Å²) in [7, 11) is 1.57. The Morgan fingerprint density at radius 2 is 1.16 bits per heavy atom. The van der Waals surface area contributed by atoms with Gasteiger partial charge in [0.1, 0.15) is 6.61 Å². The predicted octanol–water partition coefficient (Wildman–Crippen LogP) is 3.78. The van der Waals surface area contributed by atoms with Crippen LogP contribution in [0.5, 0.6) is 5.75 Å². The minimum atomic E-state index is -1.56. The van der Waals surface area contributed by atoms with Gasteiger partial charge in [0, 0.05) is 12.7 Å². The lowest BCUT2D eigenvalue weighted by molar-refractivity contribution is -0.0663. The SMILES string of the molecule is COC(C)COC(C)COC(C)COc1c(F)c(F)c(C)c(F)c1F. The van der Waals surface area contributed by atoms with E-state index in [4.69, 9.17) is 18.9 Å². The maximum atomic E-state index is 13.7. The number of halogens is 4. The van der Waals surface area contributed by atoms with Gasteiger partial charge in [0.2, 0.25) is 11.6 Å². The van der Waals surface area contributed by atoms with E-state index in [2.05, 4.69) is 0 Å². The monoisotopic (exact) mass is 368 g/mol. The highest BCUT2D eigenvalue weighted by molar-refractivity contribution is 5.33. The molecular weight excluding hydrogens is 344 g/mol. The van der Waals surface area contributed by atoms with Gasteiger partial charge in [-0.3, -0.25) is 0 Å².